The minimum Gasteiger partial charge on any atom is -0.474 e. The minimum atomic E-state index is -0.195. The molecular weight excluding hydrogens is 263 g/mol. The van der Waals surface area contributed by atoms with Gasteiger partial charge in [0, 0.05) is 0 Å². The summed E-state index contributed by atoms with van der Waals surface area (Å²) in [6.07, 6.45) is 0. The average Bonchev–Trinajstić information content (AvgIpc) is 2.18. The van der Waals surface area contributed by atoms with E-state index < -0.39 is 0 Å². The molecule has 0 atom stereocenters. The Morgan fingerprint density at radius 3 is 2.47 bits per heavy atom. The summed E-state index contributed by atoms with van der Waals surface area (Å²) < 4.78 is 10.9. The highest BCUT2D eigenvalue weighted by molar-refractivity contribution is 6.36. The number of hydrogen-bond donors (Lipinski definition) is 1. The highest BCUT2D eigenvalue weighted by Crippen LogP contribution is 2.28. The maximum absolute atomic E-state index is 5.90. The van der Waals surface area contributed by atoms with Crippen molar-refractivity contribution < 1.29 is 9.47 Å². The first-order valence-corrected chi connectivity index (χ1v) is 5.93. The van der Waals surface area contributed by atoms with E-state index in [-0.39, 0.29) is 17.3 Å². The SMILES string of the molecule is CC(C)(C)OCCOc1nc(N)c(Cl)cc1Cl. The van der Waals surface area contributed by atoms with Crippen molar-refractivity contribution >= 4 is 29.0 Å². The lowest BCUT2D eigenvalue weighted by Crippen LogP contribution is -2.22. The van der Waals surface area contributed by atoms with Crippen LogP contribution in [-0.2, 0) is 4.74 Å². The highest BCUT2D eigenvalue weighted by atomic mass is 35.5. The molecule has 0 radical (unpaired) electrons. The van der Waals surface area contributed by atoms with Crippen LogP contribution in [0.15, 0.2) is 6.07 Å². The molecule has 1 aromatic rings. The van der Waals surface area contributed by atoms with Crippen molar-refractivity contribution in [2.75, 3.05) is 18.9 Å². The third kappa shape index (κ3) is 4.98. The van der Waals surface area contributed by atoms with Crippen molar-refractivity contribution in [1.82, 2.24) is 4.98 Å². The van der Waals surface area contributed by atoms with Gasteiger partial charge >= 0.3 is 0 Å². The lowest BCUT2D eigenvalue weighted by molar-refractivity contribution is -0.0167. The summed E-state index contributed by atoms with van der Waals surface area (Å²) in [5.41, 5.74) is 5.36. The molecule has 17 heavy (non-hydrogen) atoms. The van der Waals surface area contributed by atoms with Crippen molar-refractivity contribution in [3.05, 3.63) is 16.1 Å². The van der Waals surface area contributed by atoms with Gasteiger partial charge < -0.3 is 15.2 Å². The average molecular weight is 279 g/mol. The number of anilines is 1. The van der Waals surface area contributed by atoms with Gasteiger partial charge in [-0.15, -0.1) is 0 Å². The molecular formula is C11H16Cl2N2O2. The Morgan fingerprint density at radius 2 is 1.88 bits per heavy atom. The molecule has 0 spiro atoms. The largest absolute Gasteiger partial charge is 0.474 e. The number of pyridine rings is 1. The fraction of sp³-hybridized carbons (Fsp3) is 0.545. The number of nitrogens with two attached hydrogens (primary N) is 1. The molecule has 0 fully saturated rings. The van der Waals surface area contributed by atoms with Crippen LogP contribution in [0.1, 0.15) is 20.8 Å². The summed E-state index contributed by atoms with van der Waals surface area (Å²) in [7, 11) is 0. The van der Waals surface area contributed by atoms with Gasteiger partial charge in [-0.05, 0) is 26.8 Å². The van der Waals surface area contributed by atoms with E-state index in [2.05, 4.69) is 4.98 Å². The summed E-state index contributed by atoms with van der Waals surface area (Å²) >= 11 is 11.7. The van der Waals surface area contributed by atoms with Gasteiger partial charge in [0.25, 0.3) is 0 Å². The lowest BCUT2D eigenvalue weighted by atomic mass is 10.2. The van der Waals surface area contributed by atoms with Gasteiger partial charge in [0.05, 0.1) is 17.2 Å². The smallest absolute Gasteiger partial charge is 0.234 e. The Labute approximate surface area is 111 Å². The van der Waals surface area contributed by atoms with E-state index in [0.717, 1.165) is 0 Å². The molecule has 1 aromatic heterocycles. The number of hydrogen-bond acceptors (Lipinski definition) is 4. The lowest BCUT2D eigenvalue weighted by Gasteiger charge is -2.19. The van der Waals surface area contributed by atoms with E-state index in [1.54, 1.807) is 0 Å². The molecule has 1 heterocycles. The molecule has 0 unspecified atom stereocenters. The van der Waals surface area contributed by atoms with Crippen LogP contribution in [0.2, 0.25) is 10.0 Å². The third-order valence-electron chi connectivity index (χ3n) is 1.78. The molecule has 0 saturated heterocycles. The third-order valence-corrected chi connectivity index (χ3v) is 2.36. The molecule has 0 aliphatic heterocycles. The highest BCUT2D eigenvalue weighted by Gasteiger charge is 2.11. The van der Waals surface area contributed by atoms with Crippen LogP contribution in [0.25, 0.3) is 0 Å². The maximum atomic E-state index is 5.90. The van der Waals surface area contributed by atoms with Crippen LogP contribution in [0.5, 0.6) is 5.88 Å². The van der Waals surface area contributed by atoms with Gasteiger partial charge in [-0.2, -0.15) is 4.98 Å². The van der Waals surface area contributed by atoms with Crippen LogP contribution in [0.3, 0.4) is 0 Å². The number of nitrogens with zero attached hydrogens (tertiary/aromatic N) is 1. The number of ether oxygens (including phenoxy) is 2. The second-order valence-electron chi connectivity index (χ2n) is 4.45. The van der Waals surface area contributed by atoms with Crippen LogP contribution in [-0.4, -0.2) is 23.8 Å². The molecule has 0 aromatic carbocycles. The Hall–Kier alpha value is -0.710. The molecule has 2 N–H and O–H groups in total. The number of nitrogen functional groups attached to an aromatic ring is 1. The maximum Gasteiger partial charge on any atom is 0.234 e. The zero-order valence-electron chi connectivity index (χ0n) is 10.1. The summed E-state index contributed by atoms with van der Waals surface area (Å²) in [6.45, 7) is 6.71. The Balaban J connectivity index is 2.50. The molecule has 0 saturated carbocycles. The zero-order chi connectivity index (χ0) is 13.1. The monoisotopic (exact) mass is 278 g/mol. The van der Waals surface area contributed by atoms with E-state index in [0.29, 0.717) is 23.3 Å². The Bertz CT molecular complexity index is 392. The van der Waals surface area contributed by atoms with E-state index in [4.69, 9.17) is 38.4 Å². The summed E-state index contributed by atoms with van der Waals surface area (Å²) in [5.74, 6) is 0.467. The van der Waals surface area contributed by atoms with Crippen molar-refractivity contribution in [3.63, 3.8) is 0 Å². The fourth-order valence-electron chi connectivity index (χ4n) is 1.05. The molecule has 0 aliphatic rings. The normalized spacial score (nSPS) is 11.6. The van der Waals surface area contributed by atoms with Crippen molar-refractivity contribution in [2.45, 2.75) is 26.4 Å². The first-order chi connectivity index (χ1) is 7.79. The van der Waals surface area contributed by atoms with Crippen LogP contribution in [0, 0.1) is 0 Å². The predicted molar refractivity (Wildman–Crippen MR) is 69.9 cm³/mol. The van der Waals surface area contributed by atoms with Gasteiger partial charge in [-0.3, -0.25) is 0 Å². The van der Waals surface area contributed by atoms with Gasteiger partial charge in [-0.1, -0.05) is 23.2 Å². The Kier molecular flexibility index (Phi) is 4.86. The minimum absolute atomic E-state index is 0.195. The van der Waals surface area contributed by atoms with Crippen molar-refractivity contribution in [3.8, 4) is 5.88 Å². The second-order valence-corrected chi connectivity index (χ2v) is 5.27. The van der Waals surface area contributed by atoms with Crippen LogP contribution >= 0.6 is 23.2 Å². The topological polar surface area (TPSA) is 57.4 Å². The second kappa shape index (κ2) is 5.76. The van der Waals surface area contributed by atoms with Gasteiger partial charge in [0.2, 0.25) is 5.88 Å². The number of aromatic nitrogens is 1. The van der Waals surface area contributed by atoms with E-state index in [1.807, 2.05) is 20.8 Å². The summed E-state index contributed by atoms with van der Waals surface area (Å²) in [5, 5.41) is 0.647. The van der Waals surface area contributed by atoms with E-state index in [9.17, 15) is 0 Å². The van der Waals surface area contributed by atoms with E-state index in [1.165, 1.54) is 6.07 Å². The first-order valence-electron chi connectivity index (χ1n) is 5.18. The van der Waals surface area contributed by atoms with Crippen LogP contribution < -0.4 is 10.5 Å². The zero-order valence-corrected chi connectivity index (χ0v) is 11.6. The quantitative estimate of drug-likeness (QED) is 0.860. The van der Waals surface area contributed by atoms with E-state index >= 15 is 0 Å². The van der Waals surface area contributed by atoms with Gasteiger partial charge in [0.1, 0.15) is 17.4 Å². The summed E-state index contributed by atoms with van der Waals surface area (Å²) in [4.78, 5) is 3.94. The molecule has 0 aliphatic carbocycles. The van der Waals surface area contributed by atoms with Gasteiger partial charge in [0.15, 0.2) is 0 Å². The first kappa shape index (κ1) is 14.4. The molecule has 96 valence electrons. The molecule has 4 nitrogen and oxygen atoms in total. The van der Waals surface area contributed by atoms with Crippen LogP contribution in [0.4, 0.5) is 5.82 Å². The standard InChI is InChI=1S/C11H16Cl2N2O2/c1-11(2,3)17-5-4-16-10-8(13)6-7(12)9(14)15-10/h6H,4-5H2,1-3H3,(H2,14,15). The Morgan fingerprint density at radius 1 is 1.24 bits per heavy atom. The van der Waals surface area contributed by atoms with Gasteiger partial charge in [-0.25, -0.2) is 0 Å². The van der Waals surface area contributed by atoms with Crippen molar-refractivity contribution in [2.24, 2.45) is 0 Å². The molecule has 0 amide bonds. The summed E-state index contributed by atoms with van der Waals surface area (Å²) in [6, 6.07) is 1.51. The number of rotatable bonds is 4. The van der Waals surface area contributed by atoms with Crippen molar-refractivity contribution in [1.29, 1.82) is 0 Å². The number of halogens is 2. The molecule has 6 heteroatoms. The molecule has 1 rings (SSSR count). The molecule has 0 bridgehead atoms. The predicted octanol–water partition coefficient (Wildman–Crippen LogP) is 3.16. The fourth-order valence-corrected chi connectivity index (χ4v) is 1.46.